The predicted octanol–water partition coefficient (Wildman–Crippen LogP) is 2.49. The molecule has 1 aliphatic rings. The van der Waals surface area contributed by atoms with Crippen molar-refractivity contribution < 1.29 is 9.90 Å². The second-order valence-electron chi connectivity index (χ2n) is 2.67. The third-order valence-electron chi connectivity index (χ3n) is 1.95. The fraction of sp³-hybridized carbons (Fsp3) is 0.857. The minimum atomic E-state index is -0.602. The van der Waals surface area contributed by atoms with Crippen LogP contribution in [-0.4, -0.2) is 11.1 Å². The molecule has 0 bridgehead atoms. The first-order valence-corrected chi connectivity index (χ1v) is 3.53. The van der Waals surface area contributed by atoms with Crippen LogP contribution in [0.15, 0.2) is 0 Å². The van der Waals surface area contributed by atoms with E-state index in [-0.39, 0.29) is 30.7 Å². The standard InChI is InChI=1S/C7H12O2.2ClH/c8-7(9)6-4-2-1-3-5-6;;/h6H,1-5H2,(H,8,9);2*1H. The van der Waals surface area contributed by atoms with Gasteiger partial charge in [-0.2, -0.15) is 0 Å². The molecule has 1 saturated carbocycles. The molecule has 1 fully saturated rings. The molecule has 0 amide bonds. The number of carboxylic acid groups (broad SMARTS) is 1. The van der Waals surface area contributed by atoms with Crippen molar-refractivity contribution in [2.45, 2.75) is 32.1 Å². The van der Waals surface area contributed by atoms with Crippen molar-refractivity contribution in [1.82, 2.24) is 0 Å². The van der Waals surface area contributed by atoms with Gasteiger partial charge in [-0.15, -0.1) is 24.8 Å². The lowest BCUT2D eigenvalue weighted by atomic mass is 9.90. The van der Waals surface area contributed by atoms with Gasteiger partial charge >= 0.3 is 5.97 Å². The lowest BCUT2D eigenvalue weighted by Gasteiger charge is -2.16. The lowest BCUT2D eigenvalue weighted by Crippen LogP contribution is -2.16. The fourth-order valence-electron chi connectivity index (χ4n) is 1.35. The van der Waals surface area contributed by atoms with Crippen LogP contribution in [0.5, 0.6) is 0 Å². The van der Waals surface area contributed by atoms with Crippen LogP contribution < -0.4 is 0 Å². The summed E-state index contributed by atoms with van der Waals surface area (Å²) in [7, 11) is 0. The fourth-order valence-corrected chi connectivity index (χ4v) is 1.35. The molecule has 1 rings (SSSR count). The molecule has 0 aromatic heterocycles. The van der Waals surface area contributed by atoms with E-state index in [0.29, 0.717) is 0 Å². The maximum absolute atomic E-state index is 10.4. The first kappa shape index (κ1) is 13.6. The van der Waals surface area contributed by atoms with Crippen molar-refractivity contribution in [3.8, 4) is 0 Å². The SMILES string of the molecule is Cl.Cl.O=C(O)C1CCCCC1. The maximum Gasteiger partial charge on any atom is 0.306 e. The molecule has 0 aromatic rings. The highest BCUT2D eigenvalue weighted by molar-refractivity contribution is 5.85. The molecule has 0 aromatic carbocycles. The molecule has 0 radical (unpaired) electrons. The van der Waals surface area contributed by atoms with Gasteiger partial charge in [0.1, 0.15) is 0 Å². The van der Waals surface area contributed by atoms with Crippen LogP contribution >= 0.6 is 24.8 Å². The van der Waals surface area contributed by atoms with Gasteiger partial charge in [-0.3, -0.25) is 4.79 Å². The van der Waals surface area contributed by atoms with Crippen molar-refractivity contribution in [3.05, 3.63) is 0 Å². The number of hydrogen-bond acceptors (Lipinski definition) is 1. The van der Waals surface area contributed by atoms with E-state index >= 15 is 0 Å². The van der Waals surface area contributed by atoms with Crippen molar-refractivity contribution in [1.29, 1.82) is 0 Å². The largest absolute Gasteiger partial charge is 0.481 e. The van der Waals surface area contributed by atoms with Crippen LogP contribution in [-0.2, 0) is 4.79 Å². The molecule has 1 aliphatic carbocycles. The van der Waals surface area contributed by atoms with E-state index < -0.39 is 5.97 Å². The Morgan fingerprint density at radius 3 is 1.82 bits per heavy atom. The highest BCUT2D eigenvalue weighted by atomic mass is 35.5. The minimum Gasteiger partial charge on any atom is -0.481 e. The van der Waals surface area contributed by atoms with Crippen LogP contribution in [0.1, 0.15) is 32.1 Å². The smallest absolute Gasteiger partial charge is 0.306 e. The molecule has 0 heterocycles. The Bertz CT molecular complexity index is 111. The van der Waals surface area contributed by atoms with Gasteiger partial charge < -0.3 is 5.11 Å². The summed E-state index contributed by atoms with van der Waals surface area (Å²) in [6.45, 7) is 0. The Morgan fingerprint density at radius 2 is 1.55 bits per heavy atom. The summed E-state index contributed by atoms with van der Waals surface area (Å²) in [6.07, 6.45) is 5.24. The van der Waals surface area contributed by atoms with Crippen LogP contribution in [0.3, 0.4) is 0 Å². The van der Waals surface area contributed by atoms with Crippen LogP contribution in [0.4, 0.5) is 0 Å². The van der Waals surface area contributed by atoms with Gasteiger partial charge in [0.25, 0.3) is 0 Å². The van der Waals surface area contributed by atoms with E-state index in [1.165, 1.54) is 6.42 Å². The van der Waals surface area contributed by atoms with Gasteiger partial charge in [0.15, 0.2) is 0 Å². The molecule has 0 spiro atoms. The van der Waals surface area contributed by atoms with Gasteiger partial charge in [0.05, 0.1) is 5.92 Å². The van der Waals surface area contributed by atoms with Gasteiger partial charge in [0, 0.05) is 0 Å². The molecular formula is C7H14Cl2O2. The highest BCUT2D eigenvalue weighted by Crippen LogP contribution is 2.23. The van der Waals surface area contributed by atoms with E-state index in [9.17, 15) is 4.79 Å². The molecule has 68 valence electrons. The summed E-state index contributed by atoms with van der Waals surface area (Å²) < 4.78 is 0. The quantitative estimate of drug-likeness (QED) is 0.707. The van der Waals surface area contributed by atoms with Crippen molar-refractivity contribution >= 4 is 30.8 Å². The van der Waals surface area contributed by atoms with E-state index in [2.05, 4.69) is 0 Å². The second kappa shape index (κ2) is 6.74. The van der Waals surface area contributed by atoms with Crippen molar-refractivity contribution in [2.24, 2.45) is 5.92 Å². The minimum absolute atomic E-state index is 0. The summed E-state index contributed by atoms with van der Waals surface area (Å²) >= 11 is 0. The van der Waals surface area contributed by atoms with E-state index in [0.717, 1.165) is 25.7 Å². The zero-order chi connectivity index (χ0) is 6.69. The van der Waals surface area contributed by atoms with E-state index in [4.69, 9.17) is 5.11 Å². The first-order valence-electron chi connectivity index (χ1n) is 3.53. The van der Waals surface area contributed by atoms with Crippen LogP contribution in [0, 0.1) is 5.92 Å². The number of rotatable bonds is 1. The molecular weight excluding hydrogens is 187 g/mol. The number of carboxylic acids is 1. The monoisotopic (exact) mass is 200 g/mol. The number of aliphatic carboxylic acids is 1. The summed E-state index contributed by atoms with van der Waals surface area (Å²) in [5.74, 6) is -0.631. The molecule has 0 unspecified atom stereocenters. The molecule has 0 atom stereocenters. The number of halogens is 2. The summed E-state index contributed by atoms with van der Waals surface area (Å²) in [6, 6.07) is 0. The van der Waals surface area contributed by atoms with Gasteiger partial charge in [-0.05, 0) is 12.8 Å². The third-order valence-corrected chi connectivity index (χ3v) is 1.95. The summed E-state index contributed by atoms with van der Waals surface area (Å²) in [4.78, 5) is 10.4. The third kappa shape index (κ3) is 4.49. The Balaban J connectivity index is 0. The maximum atomic E-state index is 10.4. The van der Waals surface area contributed by atoms with E-state index in [1.54, 1.807) is 0 Å². The van der Waals surface area contributed by atoms with E-state index in [1.807, 2.05) is 0 Å². The van der Waals surface area contributed by atoms with Crippen molar-refractivity contribution in [2.75, 3.05) is 0 Å². The Morgan fingerprint density at radius 1 is 1.09 bits per heavy atom. The topological polar surface area (TPSA) is 37.3 Å². The van der Waals surface area contributed by atoms with Gasteiger partial charge in [-0.1, -0.05) is 19.3 Å². The van der Waals surface area contributed by atoms with Crippen LogP contribution in [0.2, 0.25) is 0 Å². The molecule has 0 aliphatic heterocycles. The normalized spacial score (nSPS) is 17.8. The summed E-state index contributed by atoms with van der Waals surface area (Å²) in [5, 5.41) is 8.54. The summed E-state index contributed by atoms with van der Waals surface area (Å²) in [5.41, 5.74) is 0. The van der Waals surface area contributed by atoms with Crippen molar-refractivity contribution in [3.63, 3.8) is 0 Å². The average Bonchev–Trinajstić information content (AvgIpc) is 1.90. The molecule has 2 nitrogen and oxygen atoms in total. The zero-order valence-corrected chi connectivity index (χ0v) is 7.92. The predicted molar refractivity (Wildman–Crippen MR) is 48.7 cm³/mol. The molecule has 0 saturated heterocycles. The zero-order valence-electron chi connectivity index (χ0n) is 6.28. The second-order valence-corrected chi connectivity index (χ2v) is 2.67. The lowest BCUT2D eigenvalue weighted by molar-refractivity contribution is -0.142. The average molecular weight is 201 g/mol. The number of hydrogen-bond donors (Lipinski definition) is 1. The molecule has 4 heteroatoms. The Labute approximate surface area is 79.2 Å². The number of carbonyl (C=O) groups is 1. The van der Waals surface area contributed by atoms with Gasteiger partial charge in [0.2, 0.25) is 0 Å². The van der Waals surface area contributed by atoms with Gasteiger partial charge in [-0.25, -0.2) is 0 Å². The first-order chi connectivity index (χ1) is 4.30. The van der Waals surface area contributed by atoms with Crippen LogP contribution in [0.25, 0.3) is 0 Å². The Kier molecular flexibility index (Phi) is 8.35. The molecule has 1 N–H and O–H groups in total. The molecule has 11 heavy (non-hydrogen) atoms. The highest BCUT2D eigenvalue weighted by Gasteiger charge is 2.19. The Hall–Kier alpha value is 0.0500.